The molecule has 3 nitrogen and oxygen atoms in total. The van der Waals surface area contributed by atoms with Crippen LogP contribution >= 0.6 is 11.6 Å². The van der Waals surface area contributed by atoms with E-state index in [1.807, 2.05) is 18.2 Å². The number of hydrogen-bond donors (Lipinski definition) is 2. The molecule has 0 fully saturated rings. The van der Waals surface area contributed by atoms with Crippen molar-refractivity contribution in [3.05, 3.63) is 30.0 Å². The van der Waals surface area contributed by atoms with Crippen LogP contribution in [0.1, 0.15) is 19.4 Å². The number of nitrogens with zero attached hydrogens (tertiary/aromatic N) is 1. The van der Waals surface area contributed by atoms with Gasteiger partial charge in [0.05, 0.1) is 11.2 Å². The van der Waals surface area contributed by atoms with Crippen LogP contribution in [0.15, 0.2) is 24.4 Å². The molecule has 2 heterocycles. The Morgan fingerprint density at radius 3 is 3.07 bits per heavy atom. The fourth-order valence-corrected chi connectivity index (χ4v) is 1.87. The molecule has 2 N–H and O–H groups in total. The number of rotatable bonds is 2. The number of fused-ring (bicyclic) bond motifs is 1. The van der Waals surface area contributed by atoms with Crippen LogP contribution in [-0.2, 0) is 0 Å². The standard InChI is InChI=1S/C11H14ClN3/c1-7(2)14-10-6-9(12)8-4-3-5-13-11(8)15-10/h3-7,10,14H,1-2H3,(H,13,15). The van der Waals surface area contributed by atoms with Crippen molar-refractivity contribution >= 4 is 22.5 Å². The van der Waals surface area contributed by atoms with E-state index in [-0.39, 0.29) is 6.17 Å². The summed E-state index contributed by atoms with van der Waals surface area (Å²) in [5.74, 6) is 0.836. The Morgan fingerprint density at radius 2 is 2.33 bits per heavy atom. The summed E-state index contributed by atoms with van der Waals surface area (Å²) in [5.41, 5.74) is 0.959. The molecule has 1 aromatic rings. The monoisotopic (exact) mass is 223 g/mol. The number of halogens is 1. The maximum Gasteiger partial charge on any atom is 0.136 e. The van der Waals surface area contributed by atoms with Gasteiger partial charge >= 0.3 is 0 Å². The van der Waals surface area contributed by atoms with Crippen LogP contribution in [0.25, 0.3) is 5.03 Å². The maximum absolute atomic E-state index is 6.17. The molecule has 2 rings (SSSR count). The molecule has 0 amide bonds. The van der Waals surface area contributed by atoms with E-state index in [4.69, 9.17) is 11.6 Å². The third-order valence-corrected chi connectivity index (χ3v) is 2.51. The topological polar surface area (TPSA) is 37.0 Å². The zero-order chi connectivity index (χ0) is 10.8. The van der Waals surface area contributed by atoms with Gasteiger partial charge in [0.1, 0.15) is 5.82 Å². The highest BCUT2D eigenvalue weighted by atomic mass is 35.5. The van der Waals surface area contributed by atoms with Gasteiger partial charge in [-0.1, -0.05) is 11.6 Å². The minimum atomic E-state index is 0.0555. The fourth-order valence-electron chi connectivity index (χ4n) is 1.59. The molecule has 0 spiro atoms. The van der Waals surface area contributed by atoms with Crippen molar-refractivity contribution < 1.29 is 0 Å². The van der Waals surface area contributed by atoms with E-state index in [0.717, 1.165) is 16.4 Å². The first-order valence-corrected chi connectivity index (χ1v) is 5.40. The highest BCUT2D eigenvalue weighted by molar-refractivity contribution is 6.49. The molecule has 1 aliphatic rings. The summed E-state index contributed by atoms with van der Waals surface area (Å²) in [7, 11) is 0. The normalized spacial score (nSPS) is 19.5. The van der Waals surface area contributed by atoms with Crippen LogP contribution in [0.5, 0.6) is 0 Å². The van der Waals surface area contributed by atoms with Crippen LogP contribution in [0.2, 0.25) is 0 Å². The first-order valence-electron chi connectivity index (χ1n) is 5.02. The van der Waals surface area contributed by atoms with Crippen LogP contribution in [-0.4, -0.2) is 17.2 Å². The molecule has 80 valence electrons. The molecule has 0 aromatic carbocycles. The highest BCUT2D eigenvalue weighted by Crippen LogP contribution is 2.29. The Balaban J connectivity index is 2.24. The average Bonchev–Trinajstić information content (AvgIpc) is 2.16. The maximum atomic E-state index is 6.17. The SMILES string of the molecule is CC(C)NC1C=C(Cl)c2cccnc2N1. The largest absolute Gasteiger partial charge is 0.351 e. The van der Waals surface area contributed by atoms with Crippen molar-refractivity contribution in [2.45, 2.75) is 26.1 Å². The van der Waals surface area contributed by atoms with Crippen LogP contribution in [0, 0.1) is 0 Å². The first kappa shape index (κ1) is 10.5. The Labute approximate surface area is 94.5 Å². The summed E-state index contributed by atoms with van der Waals surface area (Å²) < 4.78 is 0. The van der Waals surface area contributed by atoms with E-state index in [1.54, 1.807) is 6.20 Å². The van der Waals surface area contributed by atoms with Crippen LogP contribution in [0.4, 0.5) is 5.82 Å². The number of anilines is 1. The molecule has 1 aromatic heterocycles. The van der Waals surface area contributed by atoms with Crippen molar-refractivity contribution in [2.75, 3.05) is 5.32 Å². The lowest BCUT2D eigenvalue weighted by atomic mass is 10.1. The predicted molar refractivity (Wildman–Crippen MR) is 63.7 cm³/mol. The number of hydrogen-bond acceptors (Lipinski definition) is 3. The molecule has 15 heavy (non-hydrogen) atoms. The summed E-state index contributed by atoms with van der Waals surface area (Å²) in [6.07, 6.45) is 3.78. The number of nitrogens with one attached hydrogen (secondary N) is 2. The zero-order valence-corrected chi connectivity index (χ0v) is 9.55. The minimum Gasteiger partial charge on any atom is -0.351 e. The van der Waals surface area contributed by atoms with E-state index in [0.29, 0.717) is 6.04 Å². The molecule has 0 saturated heterocycles. The van der Waals surface area contributed by atoms with Crippen molar-refractivity contribution in [2.24, 2.45) is 0 Å². The van der Waals surface area contributed by atoms with Gasteiger partial charge in [-0.15, -0.1) is 0 Å². The van der Waals surface area contributed by atoms with Crippen molar-refractivity contribution in [1.29, 1.82) is 0 Å². The van der Waals surface area contributed by atoms with E-state index in [2.05, 4.69) is 29.5 Å². The molecule has 0 saturated carbocycles. The van der Waals surface area contributed by atoms with E-state index in [1.165, 1.54) is 0 Å². The van der Waals surface area contributed by atoms with Gasteiger partial charge in [0.15, 0.2) is 0 Å². The van der Waals surface area contributed by atoms with Gasteiger partial charge in [-0.05, 0) is 32.1 Å². The Kier molecular flexibility index (Phi) is 2.93. The lowest BCUT2D eigenvalue weighted by Crippen LogP contribution is -2.40. The Morgan fingerprint density at radius 1 is 1.53 bits per heavy atom. The highest BCUT2D eigenvalue weighted by Gasteiger charge is 2.18. The smallest absolute Gasteiger partial charge is 0.136 e. The number of pyridine rings is 1. The molecule has 1 aliphatic heterocycles. The summed E-state index contributed by atoms with van der Waals surface area (Å²) in [6.45, 7) is 4.19. The first-order chi connectivity index (χ1) is 7.16. The molecule has 1 atom stereocenters. The lowest BCUT2D eigenvalue weighted by molar-refractivity contribution is 0.555. The van der Waals surface area contributed by atoms with Gasteiger partial charge in [0.2, 0.25) is 0 Å². The lowest BCUT2D eigenvalue weighted by Gasteiger charge is -2.25. The summed E-state index contributed by atoms with van der Waals surface area (Å²) in [4.78, 5) is 4.25. The summed E-state index contributed by atoms with van der Waals surface area (Å²) in [5, 5.41) is 7.36. The Bertz CT molecular complexity index is 387. The minimum absolute atomic E-state index is 0.0555. The van der Waals surface area contributed by atoms with Crippen molar-refractivity contribution in [3.63, 3.8) is 0 Å². The van der Waals surface area contributed by atoms with Crippen LogP contribution in [0.3, 0.4) is 0 Å². The van der Waals surface area contributed by atoms with Gasteiger partial charge in [-0.25, -0.2) is 4.98 Å². The average molecular weight is 224 g/mol. The summed E-state index contributed by atoms with van der Waals surface area (Å²) in [6, 6.07) is 4.24. The zero-order valence-electron chi connectivity index (χ0n) is 8.79. The second-order valence-corrected chi connectivity index (χ2v) is 4.26. The van der Waals surface area contributed by atoms with E-state index < -0.39 is 0 Å². The predicted octanol–water partition coefficient (Wildman–Crippen LogP) is 2.41. The van der Waals surface area contributed by atoms with Crippen molar-refractivity contribution in [3.8, 4) is 0 Å². The molecular weight excluding hydrogens is 210 g/mol. The molecule has 0 bridgehead atoms. The second-order valence-electron chi connectivity index (χ2n) is 3.86. The van der Waals surface area contributed by atoms with Gasteiger partial charge in [0, 0.05) is 17.8 Å². The van der Waals surface area contributed by atoms with Gasteiger partial charge < -0.3 is 5.32 Å². The third kappa shape index (κ3) is 2.30. The fraction of sp³-hybridized carbons (Fsp3) is 0.364. The molecule has 4 heteroatoms. The molecular formula is C11H14ClN3. The van der Waals surface area contributed by atoms with Gasteiger partial charge in [-0.2, -0.15) is 0 Å². The van der Waals surface area contributed by atoms with E-state index in [9.17, 15) is 0 Å². The van der Waals surface area contributed by atoms with Gasteiger partial charge in [-0.3, -0.25) is 5.32 Å². The second kappa shape index (κ2) is 4.21. The molecule has 1 unspecified atom stereocenters. The quantitative estimate of drug-likeness (QED) is 0.809. The van der Waals surface area contributed by atoms with Crippen molar-refractivity contribution in [1.82, 2.24) is 10.3 Å². The third-order valence-electron chi connectivity index (χ3n) is 2.18. The van der Waals surface area contributed by atoms with Crippen LogP contribution < -0.4 is 10.6 Å². The Hall–Kier alpha value is -1.06. The molecule has 0 radical (unpaired) electrons. The number of aromatic nitrogens is 1. The summed E-state index contributed by atoms with van der Waals surface area (Å²) >= 11 is 6.17. The molecule has 0 aliphatic carbocycles. The van der Waals surface area contributed by atoms with Gasteiger partial charge in [0.25, 0.3) is 0 Å². The van der Waals surface area contributed by atoms with E-state index >= 15 is 0 Å².